The van der Waals surface area contributed by atoms with Gasteiger partial charge in [0.1, 0.15) is 0 Å². The SMILES string of the molecule is COCCCCNC(=O)CC(N)c1ccccc1. The number of carbonyl (C=O) groups is 1. The van der Waals surface area contributed by atoms with Crippen molar-refractivity contribution in [1.82, 2.24) is 5.32 Å². The third-order valence-corrected chi connectivity index (χ3v) is 2.73. The third-order valence-electron chi connectivity index (χ3n) is 2.73. The largest absolute Gasteiger partial charge is 0.385 e. The zero-order valence-electron chi connectivity index (χ0n) is 10.9. The standard InChI is InChI=1S/C14H22N2O2/c1-18-10-6-5-9-16-14(17)11-13(15)12-7-3-2-4-8-12/h2-4,7-8,13H,5-6,9-11,15H2,1H3,(H,16,17). The molecule has 1 atom stereocenters. The molecular weight excluding hydrogens is 228 g/mol. The molecular formula is C14H22N2O2. The van der Waals surface area contributed by atoms with E-state index in [1.807, 2.05) is 30.3 Å². The van der Waals surface area contributed by atoms with Crippen LogP contribution < -0.4 is 11.1 Å². The van der Waals surface area contributed by atoms with Crippen molar-refractivity contribution in [1.29, 1.82) is 0 Å². The molecule has 0 bridgehead atoms. The van der Waals surface area contributed by atoms with Gasteiger partial charge in [-0.25, -0.2) is 0 Å². The lowest BCUT2D eigenvalue weighted by Crippen LogP contribution is -2.28. The predicted molar refractivity (Wildman–Crippen MR) is 72.1 cm³/mol. The highest BCUT2D eigenvalue weighted by Gasteiger charge is 2.10. The van der Waals surface area contributed by atoms with Crippen LogP contribution in [-0.4, -0.2) is 26.2 Å². The Morgan fingerprint density at radius 1 is 1.33 bits per heavy atom. The maximum absolute atomic E-state index is 11.6. The Hall–Kier alpha value is -1.39. The molecule has 0 aliphatic carbocycles. The quantitative estimate of drug-likeness (QED) is 0.689. The summed E-state index contributed by atoms with van der Waals surface area (Å²) in [5, 5.41) is 2.87. The number of carbonyl (C=O) groups excluding carboxylic acids is 1. The van der Waals surface area contributed by atoms with E-state index in [0.717, 1.165) is 25.0 Å². The van der Waals surface area contributed by atoms with E-state index in [4.69, 9.17) is 10.5 Å². The Balaban J connectivity index is 2.20. The molecule has 0 aliphatic heterocycles. The number of amides is 1. The molecule has 0 fully saturated rings. The Labute approximate surface area is 109 Å². The number of ether oxygens (including phenoxy) is 1. The molecule has 18 heavy (non-hydrogen) atoms. The number of methoxy groups -OCH3 is 1. The summed E-state index contributed by atoms with van der Waals surface area (Å²) in [7, 11) is 1.68. The predicted octanol–water partition coefficient (Wildman–Crippen LogP) is 1.62. The highest BCUT2D eigenvalue weighted by molar-refractivity contribution is 5.76. The molecule has 1 unspecified atom stereocenters. The van der Waals surface area contributed by atoms with Crippen molar-refractivity contribution < 1.29 is 9.53 Å². The van der Waals surface area contributed by atoms with Crippen LogP contribution in [0.15, 0.2) is 30.3 Å². The van der Waals surface area contributed by atoms with Gasteiger partial charge in [0.15, 0.2) is 0 Å². The smallest absolute Gasteiger partial charge is 0.221 e. The van der Waals surface area contributed by atoms with Crippen LogP contribution in [0.3, 0.4) is 0 Å². The van der Waals surface area contributed by atoms with Gasteiger partial charge in [0.2, 0.25) is 5.91 Å². The number of benzene rings is 1. The van der Waals surface area contributed by atoms with E-state index in [2.05, 4.69) is 5.32 Å². The fraction of sp³-hybridized carbons (Fsp3) is 0.500. The van der Waals surface area contributed by atoms with E-state index >= 15 is 0 Å². The zero-order chi connectivity index (χ0) is 13.2. The molecule has 3 N–H and O–H groups in total. The number of nitrogens with one attached hydrogen (secondary N) is 1. The minimum absolute atomic E-state index is 0.00349. The van der Waals surface area contributed by atoms with Gasteiger partial charge in [-0.1, -0.05) is 30.3 Å². The number of hydrogen-bond acceptors (Lipinski definition) is 3. The molecule has 100 valence electrons. The summed E-state index contributed by atoms with van der Waals surface area (Å²) in [6.07, 6.45) is 2.22. The number of unbranched alkanes of at least 4 members (excludes halogenated alkanes) is 1. The summed E-state index contributed by atoms with van der Waals surface area (Å²) in [4.78, 5) is 11.6. The van der Waals surface area contributed by atoms with Crippen LogP contribution in [0.5, 0.6) is 0 Å². The molecule has 0 saturated carbocycles. The van der Waals surface area contributed by atoms with Gasteiger partial charge in [-0.15, -0.1) is 0 Å². The number of nitrogens with two attached hydrogens (primary N) is 1. The van der Waals surface area contributed by atoms with Crippen LogP contribution in [-0.2, 0) is 9.53 Å². The van der Waals surface area contributed by atoms with Crippen LogP contribution in [0.2, 0.25) is 0 Å². The fourth-order valence-corrected chi connectivity index (χ4v) is 1.69. The van der Waals surface area contributed by atoms with Gasteiger partial charge in [0.25, 0.3) is 0 Å². The average molecular weight is 250 g/mol. The van der Waals surface area contributed by atoms with Crippen molar-refractivity contribution >= 4 is 5.91 Å². The number of rotatable bonds is 8. The molecule has 0 spiro atoms. The van der Waals surface area contributed by atoms with Gasteiger partial charge in [-0.2, -0.15) is 0 Å². The van der Waals surface area contributed by atoms with Crippen molar-refractivity contribution in [2.45, 2.75) is 25.3 Å². The van der Waals surface area contributed by atoms with E-state index < -0.39 is 0 Å². The van der Waals surface area contributed by atoms with E-state index in [9.17, 15) is 4.79 Å². The van der Waals surface area contributed by atoms with Gasteiger partial charge in [0.05, 0.1) is 0 Å². The van der Waals surface area contributed by atoms with E-state index in [-0.39, 0.29) is 11.9 Å². The van der Waals surface area contributed by atoms with Gasteiger partial charge < -0.3 is 15.8 Å². The highest BCUT2D eigenvalue weighted by atomic mass is 16.5. The summed E-state index contributed by atoms with van der Waals surface area (Å²) >= 11 is 0. The van der Waals surface area contributed by atoms with Crippen molar-refractivity contribution in [2.24, 2.45) is 5.73 Å². The summed E-state index contributed by atoms with van der Waals surface area (Å²) in [6, 6.07) is 9.44. The molecule has 1 rings (SSSR count). The molecule has 1 aromatic rings. The van der Waals surface area contributed by atoms with Crippen LogP contribution >= 0.6 is 0 Å². The minimum atomic E-state index is -0.231. The van der Waals surface area contributed by atoms with Crippen LogP contribution in [0.25, 0.3) is 0 Å². The van der Waals surface area contributed by atoms with Crippen LogP contribution in [0.4, 0.5) is 0 Å². The second-order valence-corrected chi connectivity index (χ2v) is 4.27. The fourth-order valence-electron chi connectivity index (χ4n) is 1.69. The molecule has 0 radical (unpaired) electrons. The summed E-state index contributed by atoms with van der Waals surface area (Å²) in [5.74, 6) is 0.00349. The lowest BCUT2D eigenvalue weighted by molar-refractivity contribution is -0.121. The van der Waals surface area contributed by atoms with Gasteiger partial charge in [-0.05, 0) is 18.4 Å². The monoisotopic (exact) mass is 250 g/mol. The molecule has 4 heteroatoms. The topological polar surface area (TPSA) is 64.3 Å². The maximum atomic E-state index is 11.6. The normalized spacial score (nSPS) is 12.1. The van der Waals surface area contributed by atoms with Gasteiger partial charge >= 0.3 is 0 Å². The lowest BCUT2D eigenvalue weighted by atomic mass is 10.0. The Morgan fingerprint density at radius 2 is 2.06 bits per heavy atom. The number of hydrogen-bond donors (Lipinski definition) is 2. The van der Waals surface area contributed by atoms with Crippen LogP contribution in [0, 0.1) is 0 Å². The molecule has 4 nitrogen and oxygen atoms in total. The molecule has 1 aromatic carbocycles. The van der Waals surface area contributed by atoms with Crippen molar-refractivity contribution in [2.75, 3.05) is 20.3 Å². The van der Waals surface area contributed by atoms with Crippen LogP contribution in [0.1, 0.15) is 30.9 Å². The first-order chi connectivity index (χ1) is 8.74. The molecule has 1 amide bonds. The zero-order valence-corrected chi connectivity index (χ0v) is 10.9. The maximum Gasteiger partial charge on any atom is 0.221 e. The third kappa shape index (κ3) is 5.80. The molecule has 0 heterocycles. The van der Waals surface area contributed by atoms with Gasteiger partial charge in [0, 0.05) is 32.7 Å². The van der Waals surface area contributed by atoms with E-state index in [1.165, 1.54) is 0 Å². The first-order valence-electron chi connectivity index (χ1n) is 6.30. The minimum Gasteiger partial charge on any atom is -0.385 e. The van der Waals surface area contributed by atoms with Crippen molar-refractivity contribution in [3.05, 3.63) is 35.9 Å². The molecule has 0 saturated heterocycles. The Bertz CT molecular complexity index is 341. The van der Waals surface area contributed by atoms with Crippen molar-refractivity contribution in [3.63, 3.8) is 0 Å². The summed E-state index contributed by atoms with van der Waals surface area (Å²) in [6.45, 7) is 1.42. The van der Waals surface area contributed by atoms with Crippen molar-refractivity contribution in [3.8, 4) is 0 Å². The molecule has 0 aliphatic rings. The Morgan fingerprint density at radius 3 is 2.72 bits per heavy atom. The first-order valence-corrected chi connectivity index (χ1v) is 6.30. The van der Waals surface area contributed by atoms with E-state index in [0.29, 0.717) is 13.0 Å². The summed E-state index contributed by atoms with van der Waals surface area (Å²) in [5.41, 5.74) is 6.96. The lowest BCUT2D eigenvalue weighted by Gasteiger charge is -2.12. The molecule has 0 aromatic heterocycles. The summed E-state index contributed by atoms with van der Waals surface area (Å²) < 4.78 is 4.94. The first kappa shape index (κ1) is 14.7. The highest BCUT2D eigenvalue weighted by Crippen LogP contribution is 2.12. The second-order valence-electron chi connectivity index (χ2n) is 4.27. The van der Waals surface area contributed by atoms with Gasteiger partial charge in [-0.3, -0.25) is 4.79 Å². The second kappa shape index (κ2) is 8.66. The average Bonchev–Trinajstić information content (AvgIpc) is 2.39. The Kier molecular flexibility index (Phi) is 7.06. The van der Waals surface area contributed by atoms with E-state index in [1.54, 1.807) is 7.11 Å².